The topological polar surface area (TPSA) is 46.5 Å². The highest BCUT2D eigenvalue weighted by molar-refractivity contribution is 5.69. The van der Waals surface area contributed by atoms with E-state index in [1.807, 2.05) is 12.1 Å². The number of phenolic OH excluding ortho intramolecular Hbond substituents is 1. The summed E-state index contributed by atoms with van der Waals surface area (Å²) in [6, 6.07) is 6.01. The number of benzene rings is 1. The van der Waals surface area contributed by atoms with Crippen LogP contribution in [0, 0.1) is 5.41 Å². The molecule has 3 nitrogen and oxygen atoms in total. The first-order valence-electron chi connectivity index (χ1n) is 9.19. The van der Waals surface area contributed by atoms with Gasteiger partial charge < -0.3 is 9.84 Å². The molecule has 0 aromatic heterocycles. The molecule has 0 aliphatic rings. The molecule has 25 heavy (non-hydrogen) atoms. The Morgan fingerprint density at radius 1 is 1.04 bits per heavy atom. The molecule has 0 radical (unpaired) electrons. The van der Waals surface area contributed by atoms with E-state index in [9.17, 15) is 9.90 Å². The van der Waals surface area contributed by atoms with Gasteiger partial charge >= 0.3 is 5.97 Å². The maximum Gasteiger partial charge on any atom is 0.305 e. The zero-order valence-electron chi connectivity index (χ0n) is 17.3. The number of hydrogen-bond acceptors (Lipinski definition) is 3. The first-order chi connectivity index (χ1) is 11.3. The third kappa shape index (κ3) is 6.37. The summed E-state index contributed by atoms with van der Waals surface area (Å²) in [5, 5.41) is 10.4. The van der Waals surface area contributed by atoms with Crippen molar-refractivity contribution in [1.82, 2.24) is 0 Å². The Kier molecular flexibility index (Phi) is 6.72. The first-order valence-corrected chi connectivity index (χ1v) is 9.19. The van der Waals surface area contributed by atoms with Gasteiger partial charge in [-0.15, -0.1) is 0 Å². The predicted molar refractivity (Wildman–Crippen MR) is 104 cm³/mol. The fraction of sp³-hybridized carbons (Fsp3) is 0.682. The Morgan fingerprint density at radius 3 is 2.16 bits per heavy atom. The molecule has 1 rings (SSSR count). The average molecular weight is 349 g/mol. The van der Waals surface area contributed by atoms with Gasteiger partial charge in [-0.3, -0.25) is 4.79 Å². The van der Waals surface area contributed by atoms with Gasteiger partial charge in [0.05, 0.1) is 7.11 Å². The van der Waals surface area contributed by atoms with Crippen molar-refractivity contribution in [3.8, 4) is 5.75 Å². The van der Waals surface area contributed by atoms with Crippen molar-refractivity contribution < 1.29 is 14.6 Å². The normalized spacial score (nSPS) is 13.0. The van der Waals surface area contributed by atoms with Gasteiger partial charge in [-0.1, -0.05) is 60.6 Å². The number of ether oxygens (including phenoxy) is 1. The van der Waals surface area contributed by atoms with Gasteiger partial charge in [0, 0.05) is 6.42 Å². The number of hydrogen-bond donors (Lipinski definition) is 1. The van der Waals surface area contributed by atoms with Crippen molar-refractivity contribution in [3.63, 3.8) is 0 Å². The van der Waals surface area contributed by atoms with Crippen molar-refractivity contribution in [2.75, 3.05) is 7.11 Å². The number of phenols is 1. The van der Waals surface area contributed by atoms with Crippen molar-refractivity contribution in [2.45, 2.75) is 85.0 Å². The van der Waals surface area contributed by atoms with Crippen LogP contribution in [0.1, 0.15) is 85.3 Å². The summed E-state index contributed by atoms with van der Waals surface area (Å²) in [6.07, 6.45) is 3.04. The fourth-order valence-electron chi connectivity index (χ4n) is 3.84. The van der Waals surface area contributed by atoms with Gasteiger partial charge in [-0.25, -0.2) is 0 Å². The standard InChI is InChI=1S/C22H36O3/c1-20(2,3)15-22(6,7)16-11-12-18(23)17(14-16)21(4,5)13-9-10-19(24)25-8/h11-12,14,23H,9-10,13,15H2,1-8H3. The summed E-state index contributed by atoms with van der Waals surface area (Å²) in [7, 11) is 1.42. The maximum atomic E-state index is 11.3. The molecule has 0 saturated carbocycles. The van der Waals surface area contributed by atoms with Gasteiger partial charge in [0.15, 0.2) is 0 Å². The van der Waals surface area contributed by atoms with Gasteiger partial charge in [-0.2, -0.15) is 0 Å². The van der Waals surface area contributed by atoms with Crippen LogP contribution in [0.15, 0.2) is 18.2 Å². The lowest BCUT2D eigenvalue weighted by Gasteiger charge is -2.34. The van der Waals surface area contributed by atoms with Crippen LogP contribution in [0.5, 0.6) is 5.75 Å². The molecule has 0 atom stereocenters. The smallest absolute Gasteiger partial charge is 0.305 e. The summed E-state index contributed by atoms with van der Waals surface area (Å²) < 4.78 is 4.72. The molecule has 0 aliphatic carbocycles. The second-order valence-electron chi connectivity index (χ2n) is 9.67. The van der Waals surface area contributed by atoms with Crippen LogP contribution in [-0.4, -0.2) is 18.2 Å². The average Bonchev–Trinajstić information content (AvgIpc) is 2.44. The van der Waals surface area contributed by atoms with Crippen LogP contribution in [0.2, 0.25) is 0 Å². The minimum absolute atomic E-state index is 0.0306. The third-order valence-corrected chi connectivity index (χ3v) is 4.89. The molecule has 0 aliphatic heterocycles. The Balaban J connectivity index is 3.05. The minimum Gasteiger partial charge on any atom is -0.508 e. The van der Waals surface area contributed by atoms with Crippen LogP contribution >= 0.6 is 0 Å². The van der Waals surface area contributed by atoms with Crippen LogP contribution in [0.3, 0.4) is 0 Å². The second kappa shape index (κ2) is 7.80. The van der Waals surface area contributed by atoms with E-state index in [-0.39, 0.29) is 22.2 Å². The fourth-order valence-corrected chi connectivity index (χ4v) is 3.84. The van der Waals surface area contributed by atoms with E-state index in [2.05, 4.69) is 54.5 Å². The highest BCUT2D eigenvalue weighted by atomic mass is 16.5. The summed E-state index contributed by atoms with van der Waals surface area (Å²) in [5.41, 5.74) is 2.26. The summed E-state index contributed by atoms with van der Waals surface area (Å²) >= 11 is 0. The number of rotatable bonds is 7. The monoisotopic (exact) mass is 348 g/mol. The maximum absolute atomic E-state index is 11.3. The molecule has 0 amide bonds. The van der Waals surface area contributed by atoms with E-state index in [4.69, 9.17) is 4.74 Å². The van der Waals surface area contributed by atoms with Gasteiger partial charge in [0.25, 0.3) is 0 Å². The zero-order valence-corrected chi connectivity index (χ0v) is 17.3. The molecule has 0 bridgehead atoms. The Morgan fingerprint density at radius 2 is 1.64 bits per heavy atom. The molecule has 1 N–H and O–H groups in total. The predicted octanol–water partition coefficient (Wildman–Crippen LogP) is 5.73. The van der Waals surface area contributed by atoms with Crippen molar-refractivity contribution in [1.29, 1.82) is 0 Å². The third-order valence-electron chi connectivity index (χ3n) is 4.89. The van der Waals surface area contributed by atoms with Crippen LogP contribution in [0.4, 0.5) is 0 Å². The number of esters is 1. The van der Waals surface area contributed by atoms with Crippen LogP contribution in [0.25, 0.3) is 0 Å². The van der Waals surface area contributed by atoms with Crippen molar-refractivity contribution in [3.05, 3.63) is 29.3 Å². The molecule has 0 fully saturated rings. The van der Waals surface area contributed by atoms with E-state index in [1.54, 1.807) is 0 Å². The molecule has 0 heterocycles. The Bertz CT molecular complexity index is 592. The molecule has 142 valence electrons. The van der Waals surface area contributed by atoms with E-state index in [1.165, 1.54) is 12.7 Å². The van der Waals surface area contributed by atoms with Gasteiger partial charge in [-0.05, 0) is 52.7 Å². The number of carbonyl (C=O) groups is 1. The summed E-state index contributed by atoms with van der Waals surface area (Å²) in [6.45, 7) is 15.5. The lowest BCUT2D eigenvalue weighted by atomic mass is 9.70. The van der Waals surface area contributed by atoms with E-state index in [0.717, 1.165) is 24.8 Å². The Labute approximate surface area is 153 Å². The molecule has 0 spiro atoms. The number of aromatic hydroxyl groups is 1. The van der Waals surface area contributed by atoms with Crippen LogP contribution in [-0.2, 0) is 20.4 Å². The lowest BCUT2D eigenvalue weighted by molar-refractivity contribution is -0.140. The summed E-state index contributed by atoms with van der Waals surface area (Å²) in [5.74, 6) is 0.151. The van der Waals surface area contributed by atoms with E-state index < -0.39 is 0 Å². The molecular weight excluding hydrogens is 312 g/mol. The molecule has 1 aromatic rings. The SMILES string of the molecule is COC(=O)CCCC(C)(C)c1cc(C(C)(C)CC(C)(C)C)ccc1O. The second-order valence-corrected chi connectivity index (χ2v) is 9.67. The first kappa shape index (κ1) is 21.5. The van der Waals surface area contributed by atoms with Gasteiger partial charge in [0.1, 0.15) is 5.75 Å². The number of carbonyl (C=O) groups excluding carboxylic acids is 1. The molecule has 1 aromatic carbocycles. The van der Waals surface area contributed by atoms with Crippen LogP contribution < -0.4 is 0 Å². The number of methoxy groups -OCH3 is 1. The van der Waals surface area contributed by atoms with E-state index >= 15 is 0 Å². The van der Waals surface area contributed by atoms with E-state index in [0.29, 0.717) is 12.2 Å². The minimum atomic E-state index is -0.202. The lowest BCUT2D eigenvalue weighted by Crippen LogP contribution is -2.26. The molecule has 0 unspecified atom stereocenters. The summed E-state index contributed by atoms with van der Waals surface area (Å²) in [4.78, 5) is 11.3. The Hall–Kier alpha value is -1.51. The quantitative estimate of drug-likeness (QED) is 0.640. The van der Waals surface area contributed by atoms with Gasteiger partial charge in [0.2, 0.25) is 0 Å². The van der Waals surface area contributed by atoms with Crippen molar-refractivity contribution >= 4 is 5.97 Å². The zero-order chi connectivity index (χ0) is 19.5. The molecule has 0 saturated heterocycles. The molecular formula is C22H36O3. The highest BCUT2D eigenvalue weighted by Gasteiger charge is 2.30. The largest absolute Gasteiger partial charge is 0.508 e. The van der Waals surface area contributed by atoms with Crippen molar-refractivity contribution in [2.24, 2.45) is 5.41 Å². The highest BCUT2D eigenvalue weighted by Crippen LogP contribution is 2.41. The molecule has 3 heteroatoms.